The Morgan fingerprint density at radius 1 is 1.47 bits per heavy atom. The molecular formula is C11H18N4O4. The first kappa shape index (κ1) is 15.0. The van der Waals surface area contributed by atoms with Crippen molar-refractivity contribution in [2.24, 2.45) is 0 Å². The van der Waals surface area contributed by atoms with Crippen LogP contribution in [-0.4, -0.2) is 67.8 Å². The predicted octanol–water partition coefficient (Wildman–Crippen LogP) is 0.243. The van der Waals surface area contributed by atoms with Crippen LogP contribution in [-0.2, 0) is 9.53 Å². The van der Waals surface area contributed by atoms with E-state index in [2.05, 4.69) is 15.0 Å². The zero-order valence-electron chi connectivity index (χ0n) is 11.3. The van der Waals surface area contributed by atoms with Gasteiger partial charge in [0.1, 0.15) is 12.8 Å². The molecule has 0 unspecified atom stereocenters. The van der Waals surface area contributed by atoms with Crippen LogP contribution in [0.25, 0.3) is 0 Å². The lowest BCUT2D eigenvalue weighted by Crippen LogP contribution is -2.44. The van der Waals surface area contributed by atoms with Gasteiger partial charge in [0.2, 0.25) is 5.91 Å². The van der Waals surface area contributed by atoms with Crippen LogP contribution in [0.1, 0.15) is 0 Å². The number of carbonyl (C=O) groups is 2. The highest BCUT2D eigenvalue weighted by Gasteiger charge is 2.18. The van der Waals surface area contributed by atoms with Crippen molar-refractivity contribution in [3.8, 4) is 0 Å². The number of anilines is 1. The van der Waals surface area contributed by atoms with Gasteiger partial charge < -0.3 is 24.4 Å². The van der Waals surface area contributed by atoms with Crippen LogP contribution in [0.2, 0.25) is 0 Å². The molecule has 0 saturated heterocycles. The fraction of sp³-hybridized carbons (Fsp3) is 0.545. The van der Waals surface area contributed by atoms with E-state index in [-0.39, 0.29) is 18.5 Å². The summed E-state index contributed by atoms with van der Waals surface area (Å²) in [5.74, 6) is -0.0332. The van der Waals surface area contributed by atoms with Gasteiger partial charge in [-0.2, -0.15) is 0 Å². The smallest absolute Gasteiger partial charge is 0.320 e. The van der Waals surface area contributed by atoms with Crippen LogP contribution in [0.5, 0.6) is 0 Å². The number of aromatic nitrogens is 1. The summed E-state index contributed by atoms with van der Waals surface area (Å²) in [6.45, 7) is 0.615. The van der Waals surface area contributed by atoms with Crippen molar-refractivity contribution in [1.82, 2.24) is 15.0 Å². The normalized spacial score (nSPS) is 10.1. The van der Waals surface area contributed by atoms with E-state index in [1.165, 1.54) is 29.2 Å². The van der Waals surface area contributed by atoms with E-state index in [0.29, 0.717) is 19.0 Å². The van der Waals surface area contributed by atoms with Gasteiger partial charge in [-0.15, -0.1) is 0 Å². The lowest BCUT2D eigenvalue weighted by molar-refractivity contribution is -0.117. The molecule has 8 heteroatoms. The van der Waals surface area contributed by atoms with E-state index in [9.17, 15) is 9.59 Å². The molecule has 0 radical (unpaired) electrons. The molecule has 0 aromatic carbocycles. The maximum atomic E-state index is 11.9. The Bertz CT molecular complexity index is 405. The van der Waals surface area contributed by atoms with Crippen LogP contribution >= 0.6 is 0 Å². The Morgan fingerprint density at radius 2 is 2.21 bits per heavy atom. The number of nitrogens with one attached hydrogen (secondary N) is 1. The molecular weight excluding hydrogens is 252 g/mol. The summed E-state index contributed by atoms with van der Waals surface area (Å²) in [7, 11) is 4.78. The van der Waals surface area contributed by atoms with Crippen molar-refractivity contribution in [3.63, 3.8) is 0 Å². The second-order valence-corrected chi connectivity index (χ2v) is 4.02. The number of ether oxygens (including phenoxy) is 1. The average molecular weight is 270 g/mol. The van der Waals surface area contributed by atoms with Crippen LogP contribution in [0.3, 0.4) is 0 Å². The fourth-order valence-corrected chi connectivity index (χ4v) is 1.36. The van der Waals surface area contributed by atoms with Gasteiger partial charge in [-0.25, -0.2) is 4.79 Å². The monoisotopic (exact) mass is 270 g/mol. The molecule has 8 nitrogen and oxygen atoms in total. The summed E-state index contributed by atoms with van der Waals surface area (Å²) in [6, 6.07) is 1.26. The topological polar surface area (TPSA) is 87.9 Å². The van der Waals surface area contributed by atoms with E-state index in [4.69, 9.17) is 4.74 Å². The Hall–Kier alpha value is -2.09. The van der Waals surface area contributed by atoms with Gasteiger partial charge >= 0.3 is 6.03 Å². The van der Waals surface area contributed by atoms with Crippen LogP contribution in [0.4, 0.5) is 10.6 Å². The first-order valence-corrected chi connectivity index (χ1v) is 5.70. The maximum Gasteiger partial charge on any atom is 0.320 e. The molecule has 19 heavy (non-hydrogen) atoms. The van der Waals surface area contributed by atoms with Gasteiger partial charge in [-0.05, 0) is 0 Å². The highest BCUT2D eigenvalue weighted by molar-refractivity contribution is 5.93. The minimum atomic E-state index is -0.347. The molecule has 0 bridgehead atoms. The number of urea groups is 1. The highest BCUT2D eigenvalue weighted by atomic mass is 16.5. The van der Waals surface area contributed by atoms with Gasteiger partial charge in [0.15, 0.2) is 5.82 Å². The molecule has 1 aromatic rings. The van der Waals surface area contributed by atoms with Gasteiger partial charge in [0, 0.05) is 33.8 Å². The number of rotatable bonds is 6. The summed E-state index contributed by atoms with van der Waals surface area (Å²) < 4.78 is 9.52. The molecule has 0 aliphatic carbocycles. The lowest BCUT2D eigenvalue weighted by Gasteiger charge is -2.25. The van der Waals surface area contributed by atoms with Gasteiger partial charge in [-0.1, -0.05) is 5.16 Å². The molecule has 0 saturated carbocycles. The van der Waals surface area contributed by atoms with E-state index in [1.807, 2.05) is 0 Å². The Labute approximate surface area is 111 Å². The highest BCUT2D eigenvalue weighted by Crippen LogP contribution is 2.02. The van der Waals surface area contributed by atoms with Crippen molar-refractivity contribution < 1.29 is 18.8 Å². The second kappa shape index (κ2) is 7.37. The van der Waals surface area contributed by atoms with Crippen molar-refractivity contribution >= 4 is 17.8 Å². The Balaban J connectivity index is 2.55. The molecule has 1 rings (SSSR count). The maximum absolute atomic E-state index is 11.9. The molecule has 1 aromatic heterocycles. The molecule has 106 valence electrons. The third-order valence-corrected chi connectivity index (χ3v) is 2.26. The zero-order valence-corrected chi connectivity index (χ0v) is 11.3. The average Bonchev–Trinajstić information content (AvgIpc) is 2.86. The minimum absolute atomic E-state index is 0.0762. The molecule has 3 amide bonds. The third-order valence-electron chi connectivity index (χ3n) is 2.26. The number of hydrogen-bond acceptors (Lipinski definition) is 5. The first-order chi connectivity index (χ1) is 9.04. The quantitative estimate of drug-likeness (QED) is 0.800. The summed E-state index contributed by atoms with van der Waals surface area (Å²) >= 11 is 0. The molecule has 0 spiro atoms. The van der Waals surface area contributed by atoms with E-state index in [0.717, 1.165) is 0 Å². The molecule has 0 aliphatic rings. The van der Waals surface area contributed by atoms with E-state index < -0.39 is 0 Å². The minimum Gasteiger partial charge on any atom is -0.383 e. The number of methoxy groups -OCH3 is 1. The van der Waals surface area contributed by atoms with E-state index >= 15 is 0 Å². The van der Waals surface area contributed by atoms with Crippen LogP contribution in [0, 0.1) is 0 Å². The summed E-state index contributed by atoms with van der Waals surface area (Å²) in [5.41, 5.74) is 0. The summed E-state index contributed by atoms with van der Waals surface area (Å²) in [6.07, 6.45) is 1.35. The molecule has 1 N–H and O–H groups in total. The molecule has 0 fully saturated rings. The van der Waals surface area contributed by atoms with Gasteiger partial charge in [-0.3, -0.25) is 4.79 Å². The van der Waals surface area contributed by atoms with Crippen molar-refractivity contribution in [2.45, 2.75) is 0 Å². The van der Waals surface area contributed by atoms with Crippen molar-refractivity contribution in [1.29, 1.82) is 0 Å². The van der Waals surface area contributed by atoms with Gasteiger partial charge in [0.05, 0.1) is 6.61 Å². The van der Waals surface area contributed by atoms with E-state index in [1.54, 1.807) is 14.1 Å². The van der Waals surface area contributed by atoms with Crippen molar-refractivity contribution in [3.05, 3.63) is 12.3 Å². The van der Waals surface area contributed by atoms with Crippen LogP contribution < -0.4 is 5.32 Å². The molecule has 1 heterocycles. The zero-order chi connectivity index (χ0) is 14.3. The van der Waals surface area contributed by atoms with Crippen molar-refractivity contribution in [2.75, 3.05) is 46.2 Å². The molecule has 0 atom stereocenters. The number of hydrogen-bond donors (Lipinski definition) is 1. The summed E-state index contributed by atoms with van der Waals surface area (Å²) in [5, 5.41) is 6.09. The fourth-order valence-electron chi connectivity index (χ4n) is 1.36. The van der Waals surface area contributed by atoms with Crippen LogP contribution in [0.15, 0.2) is 16.9 Å². The molecule has 0 aliphatic heterocycles. The largest absolute Gasteiger partial charge is 0.383 e. The second-order valence-electron chi connectivity index (χ2n) is 4.02. The first-order valence-electron chi connectivity index (χ1n) is 5.70. The third kappa shape index (κ3) is 4.96. The Morgan fingerprint density at radius 3 is 2.74 bits per heavy atom. The number of amides is 3. The Kier molecular flexibility index (Phi) is 5.80. The number of nitrogens with zero attached hydrogens (tertiary/aromatic N) is 3. The summed E-state index contributed by atoms with van der Waals surface area (Å²) in [4.78, 5) is 26.4. The van der Waals surface area contributed by atoms with Gasteiger partial charge in [0.25, 0.3) is 0 Å². The predicted molar refractivity (Wildman–Crippen MR) is 67.7 cm³/mol. The number of carbonyl (C=O) groups excluding carboxylic acids is 2. The standard InChI is InChI=1S/C11H18N4O4/c1-14(2)11(17)15(5-7-18-3)8-10(16)12-9-4-6-19-13-9/h4,6H,5,7-8H2,1-3H3,(H,12,13,16). The SMILES string of the molecule is COCCN(CC(=O)Nc1ccon1)C(=O)N(C)C. The lowest BCUT2D eigenvalue weighted by atomic mass is 10.4.